The second-order valence-electron chi connectivity index (χ2n) is 7.73. The van der Waals surface area contributed by atoms with Gasteiger partial charge in [-0.1, -0.05) is 36.4 Å². The van der Waals surface area contributed by atoms with E-state index in [0.29, 0.717) is 76.0 Å². The summed E-state index contributed by atoms with van der Waals surface area (Å²) in [6.45, 7) is 7.08. The van der Waals surface area contributed by atoms with E-state index in [1.165, 1.54) is 12.1 Å². The van der Waals surface area contributed by atoms with Crippen LogP contribution in [0.25, 0.3) is 0 Å². The van der Waals surface area contributed by atoms with Gasteiger partial charge in [0.15, 0.2) is 0 Å². The van der Waals surface area contributed by atoms with Crippen molar-refractivity contribution in [2.75, 3.05) is 62.0 Å². The number of nitrogens with one attached hydrogen (secondary N) is 4. The molecule has 0 aliphatic rings. The number of hydrogen-bond acceptors (Lipinski definition) is 9. The van der Waals surface area contributed by atoms with Crippen LogP contribution in [0, 0.1) is 5.82 Å². The predicted octanol–water partition coefficient (Wildman–Crippen LogP) is 3.10. The summed E-state index contributed by atoms with van der Waals surface area (Å²) in [6, 6.07) is 15.3. The highest BCUT2D eigenvalue weighted by Gasteiger charge is 2.07. The van der Waals surface area contributed by atoms with Crippen molar-refractivity contribution in [1.29, 1.82) is 0 Å². The van der Waals surface area contributed by atoms with Crippen molar-refractivity contribution < 1.29 is 18.7 Å². The second-order valence-corrected chi connectivity index (χ2v) is 7.73. The third-order valence-corrected chi connectivity index (χ3v) is 4.85. The van der Waals surface area contributed by atoms with Gasteiger partial charge >= 0.3 is 0 Å². The molecule has 0 fully saturated rings. The lowest BCUT2D eigenvalue weighted by Crippen LogP contribution is -2.27. The van der Waals surface area contributed by atoms with Gasteiger partial charge in [-0.3, -0.25) is 4.79 Å². The summed E-state index contributed by atoms with van der Waals surface area (Å²) in [5, 5.41) is 12.0. The van der Waals surface area contributed by atoms with Crippen molar-refractivity contribution in [3.8, 4) is 0 Å². The maximum Gasteiger partial charge on any atom is 0.251 e. The van der Waals surface area contributed by atoms with Gasteiger partial charge in [-0.05, 0) is 29.8 Å². The van der Waals surface area contributed by atoms with Crippen LogP contribution < -0.4 is 21.3 Å². The van der Waals surface area contributed by atoms with Gasteiger partial charge in [0.1, 0.15) is 5.82 Å². The lowest BCUT2D eigenvalue weighted by molar-refractivity contribution is 0.0519. The molecule has 1 amide bonds. The van der Waals surface area contributed by atoms with Crippen LogP contribution >= 0.6 is 0 Å². The Morgan fingerprint density at radius 2 is 1.51 bits per heavy atom. The summed E-state index contributed by atoms with van der Waals surface area (Å²) in [5.74, 6) is 0.679. The van der Waals surface area contributed by atoms with Crippen molar-refractivity contribution >= 4 is 23.8 Å². The van der Waals surface area contributed by atoms with E-state index in [0.717, 1.165) is 5.56 Å². The minimum Gasteiger partial charge on any atom is -0.377 e. The molecule has 0 saturated carbocycles. The number of carbonyl (C=O) groups is 1. The van der Waals surface area contributed by atoms with Crippen LogP contribution in [-0.2, 0) is 16.0 Å². The SMILES string of the molecule is C=CCNc1nc(NCCOCCOCCNC(=O)c2ccccc2)nc(NCc2cccc(F)c2)n1. The molecule has 1 heterocycles. The summed E-state index contributed by atoms with van der Waals surface area (Å²) in [6.07, 6.45) is 1.70. The Morgan fingerprint density at radius 1 is 0.838 bits per heavy atom. The Kier molecular flexibility index (Phi) is 11.8. The number of anilines is 3. The Balaban J connectivity index is 1.32. The molecule has 11 heteroatoms. The molecule has 196 valence electrons. The quantitative estimate of drug-likeness (QED) is 0.161. The average Bonchev–Trinajstić information content (AvgIpc) is 2.92. The molecule has 0 unspecified atom stereocenters. The molecular weight excluding hydrogens is 477 g/mol. The zero-order chi connectivity index (χ0) is 26.1. The summed E-state index contributed by atoms with van der Waals surface area (Å²) in [7, 11) is 0. The minimum atomic E-state index is -0.300. The number of amides is 1. The highest BCUT2D eigenvalue weighted by atomic mass is 19.1. The first-order valence-corrected chi connectivity index (χ1v) is 12.0. The van der Waals surface area contributed by atoms with Crippen LogP contribution in [0.2, 0.25) is 0 Å². The third kappa shape index (κ3) is 10.6. The fourth-order valence-electron chi connectivity index (χ4n) is 3.09. The predicted molar refractivity (Wildman–Crippen MR) is 141 cm³/mol. The van der Waals surface area contributed by atoms with E-state index in [9.17, 15) is 9.18 Å². The molecule has 4 N–H and O–H groups in total. The summed E-state index contributed by atoms with van der Waals surface area (Å²) < 4.78 is 24.5. The van der Waals surface area contributed by atoms with Crippen LogP contribution in [0.1, 0.15) is 15.9 Å². The highest BCUT2D eigenvalue weighted by Crippen LogP contribution is 2.11. The van der Waals surface area contributed by atoms with Gasteiger partial charge in [-0.25, -0.2) is 4.39 Å². The van der Waals surface area contributed by atoms with E-state index in [2.05, 4.69) is 42.8 Å². The zero-order valence-electron chi connectivity index (χ0n) is 20.6. The number of benzene rings is 2. The van der Waals surface area contributed by atoms with Crippen LogP contribution in [0.3, 0.4) is 0 Å². The first kappa shape index (κ1) is 27.5. The fourth-order valence-corrected chi connectivity index (χ4v) is 3.09. The van der Waals surface area contributed by atoms with Gasteiger partial charge in [-0.15, -0.1) is 6.58 Å². The topological polar surface area (TPSA) is 122 Å². The van der Waals surface area contributed by atoms with E-state index < -0.39 is 0 Å². The summed E-state index contributed by atoms with van der Waals surface area (Å²) in [5.41, 5.74) is 1.39. The minimum absolute atomic E-state index is 0.125. The standard InChI is InChI=1S/C26H32FN7O3/c1-2-11-29-24-32-25(34-26(33-24)31-19-20-7-6-10-22(27)18-20)30-13-15-37-17-16-36-14-12-28-23(35)21-8-4-3-5-9-21/h2-10,18H,1,11-17,19H2,(H,28,35)(H3,29,30,31,32,33,34). The third-order valence-electron chi connectivity index (χ3n) is 4.85. The Morgan fingerprint density at radius 3 is 2.22 bits per heavy atom. The first-order valence-electron chi connectivity index (χ1n) is 12.0. The molecule has 0 saturated heterocycles. The van der Waals surface area contributed by atoms with Gasteiger partial charge in [0.2, 0.25) is 17.8 Å². The van der Waals surface area contributed by atoms with E-state index in [1.54, 1.807) is 24.3 Å². The van der Waals surface area contributed by atoms with Gasteiger partial charge < -0.3 is 30.7 Å². The Hall–Kier alpha value is -4.09. The van der Waals surface area contributed by atoms with Crippen molar-refractivity contribution in [3.05, 3.63) is 84.2 Å². The normalized spacial score (nSPS) is 10.5. The van der Waals surface area contributed by atoms with Gasteiger partial charge in [0, 0.05) is 31.7 Å². The van der Waals surface area contributed by atoms with Crippen molar-refractivity contribution in [3.63, 3.8) is 0 Å². The number of ether oxygens (including phenoxy) is 2. The number of hydrogen-bond donors (Lipinski definition) is 4. The zero-order valence-corrected chi connectivity index (χ0v) is 20.6. The largest absolute Gasteiger partial charge is 0.377 e. The molecule has 2 aromatic carbocycles. The van der Waals surface area contributed by atoms with Crippen LogP contribution in [0.4, 0.5) is 22.2 Å². The molecule has 0 radical (unpaired) electrons. The average molecular weight is 510 g/mol. The van der Waals surface area contributed by atoms with E-state index in [-0.39, 0.29) is 11.7 Å². The van der Waals surface area contributed by atoms with Crippen LogP contribution in [0.5, 0.6) is 0 Å². The molecule has 1 aromatic heterocycles. The molecule has 37 heavy (non-hydrogen) atoms. The van der Waals surface area contributed by atoms with Crippen molar-refractivity contribution in [1.82, 2.24) is 20.3 Å². The fraction of sp³-hybridized carbons (Fsp3) is 0.308. The van der Waals surface area contributed by atoms with Gasteiger partial charge in [-0.2, -0.15) is 15.0 Å². The lowest BCUT2D eigenvalue weighted by atomic mass is 10.2. The monoisotopic (exact) mass is 509 g/mol. The number of rotatable bonds is 17. The number of aromatic nitrogens is 3. The van der Waals surface area contributed by atoms with Crippen molar-refractivity contribution in [2.24, 2.45) is 0 Å². The molecule has 10 nitrogen and oxygen atoms in total. The highest BCUT2D eigenvalue weighted by molar-refractivity contribution is 5.94. The number of nitrogens with zero attached hydrogens (tertiary/aromatic N) is 3. The summed E-state index contributed by atoms with van der Waals surface area (Å²) in [4.78, 5) is 25.0. The first-order chi connectivity index (χ1) is 18.1. The Labute approximate surface area is 215 Å². The molecule has 3 rings (SSSR count). The Bertz CT molecular complexity index is 1120. The molecule has 0 aliphatic heterocycles. The van der Waals surface area contributed by atoms with Gasteiger partial charge in [0.25, 0.3) is 5.91 Å². The smallest absolute Gasteiger partial charge is 0.251 e. The number of halogens is 1. The molecular formula is C26H32FN7O3. The van der Waals surface area contributed by atoms with E-state index in [1.807, 2.05) is 24.3 Å². The molecule has 0 aliphatic carbocycles. The van der Waals surface area contributed by atoms with E-state index >= 15 is 0 Å². The molecule has 0 bridgehead atoms. The molecule has 3 aromatic rings. The maximum atomic E-state index is 13.4. The van der Waals surface area contributed by atoms with Crippen LogP contribution in [-0.4, -0.2) is 66.9 Å². The lowest BCUT2D eigenvalue weighted by Gasteiger charge is -2.11. The van der Waals surface area contributed by atoms with Crippen LogP contribution in [0.15, 0.2) is 67.3 Å². The van der Waals surface area contributed by atoms with Crippen molar-refractivity contribution in [2.45, 2.75) is 6.54 Å². The molecule has 0 spiro atoms. The van der Waals surface area contributed by atoms with E-state index in [4.69, 9.17) is 9.47 Å². The van der Waals surface area contributed by atoms with Gasteiger partial charge in [0.05, 0.1) is 26.4 Å². The summed E-state index contributed by atoms with van der Waals surface area (Å²) >= 11 is 0. The number of carbonyl (C=O) groups excluding carboxylic acids is 1. The maximum absolute atomic E-state index is 13.4. The second kappa shape index (κ2) is 15.8. The molecule has 0 atom stereocenters.